The Kier molecular flexibility index (Phi) is 3.35. The van der Waals surface area contributed by atoms with E-state index >= 15 is 0 Å². The largest absolute Gasteiger partial charge is 0.340 e. The molecule has 20 heavy (non-hydrogen) atoms. The predicted molar refractivity (Wildman–Crippen MR) is 81.5 cm³/mol. The second-order valence-corrected chi connectivity index (χ2v) is 7.04. The molecule has 0 spiro atoms. The molecule has 0 heterocycles. The van der Waals surface area contributed by atoms with Gasteiger partial charge in [-0.25, -0.2) is 0 Å². The van der Waals surface area contributed by atoms with Crippen molar-refractivity contribution in [3.63, 3.8) is 0 Å². The fraction of sp³-hybridized carbons (Fsp3) is 0.611. The van der Waals surface area contributed by atoms with Crippen LogP contribution in [0, 0.1) is 11.8 Å². The zero-order valence-corrected chi connectivity index (χ0v) is 12.8. The highest BCUT2D eigenvalue weighted by Crippen LogP contribution is 2.54. The minimum atomic E-state index is 0.276. The van der Waals surface area contributed by atoms with E-state index in [2.05, 4.69) is 56.0 Å². The second kappa shape index (κ2) is 4.91. The summed E-state index contributed by atoms with van der Waals surface area (Å²) in [5, 5.41) is 0. The van der Waals surface area contributed by atoms with Crippen LogP contribution in [0.4, 0.5) is 0 Å². The first-order chi connectivity index (χ1) is 9.52. The molecule has 2 atom stereocenters. The summed E-state index contributed by atoms with van der Waals surface area (Å²) < 4.78 is 0. The summed E-state index contributed by atoms with van der Waals surface area (Å²) >= 11 is 0. The van der Waals surface area contributed by atoms with Crippen molar-refractivity contribution in [2.24, 2.45) is 11.8 Å². The zero-order chi connectivity index (χ0) is 14.3. The van der Waals surface area contributed by atoms with Gasteiger partial charge in [0.15, 0.2) is 0 Å². The normalized spacial score (nSPS) is 28.5. The van der Waals surface area contributed by atoms with Gasteiger partial charge in [-0.1, -0.05) is 37.3 Å². The molecule has 2 aliphatic rings. The molecule has 1 aromatic carbocycles. The topological polar surface area (TPSA) is 20.3 Å². The molecular formula is C18H25NO. The van der Waals surface area contributed by atoms with Crippen LogP contribution in [0.1, 0.15) is 45.6 Å². The van der Waals surface area contributed by atoms with Crippen molar-refractivity contribution in [1.82, 2.24) is 4.90 Å². The summed E-state index contributed by atoms with van der Waals surface area (Å²) in [6, 6.07) is 11.1. The lowest BCUT2D eigenvalue weighted by Gasteiger charge is -2.28. The first-order valence-electron chi connectivity index (χ1n) is 7.88. The van der Waals surface area contributed by atoms with Crippen molar-refractivity contribution in [3.05, 3.63) is 35.9 Å². The van der Waals surface area contributed by atoms with Crippen LogP contribution >= 0.6 is 0 Å². The number of rotatable bonds is 5. The minimum absolute atomic E-state index is 0.276. The number of nitrogens with zero attached hydrogens (tertiary/aromatic N) is 1. The highest BCUT2D eigenvalue weighted by molar-refractivity contribution is 5.81. The molecule has 0 aromatic heterocycles. The highest BCUT2D eigenvalue weighted by Gasteiger charge is 2.52. The summed E-state index contributed by atoms with van der Waals surface area (Å²) in [7, 11) is 0. The quantitative estimate of drug-likeness (QED) is 0.801. The summed E-state index contributed by atoms with van der Waals surface area (Å²) in [5.74, 6) is 1.34. The van der Waals surface area contributed by atoms with Crippen LogP contribution in [0.3, 0.4) is 0 Å². The smallest absolute Gasteiger partial charge is 0.225 e. The van der Waals surface area contributed by atoms with Crippen molar-refractivity contribution < 1.29 is 4.79 Å². The molecule has 3 rings (SSSR count). The van der Waals surface area contributed by atoms with Gasteiger partial charge in [-0.3, -0.25) is 4.79 Å². The molecule has 1 amide bonds. The molecule has 0 N–H and O–H groups in total. The van der Waals surface area contributed by atoms with E-state index in [0.717, 1.165) is 19.4 Å². The maximum Gasteiger partial charge on any atom is 0.225 e. The third-order valence-electron chi connectivity index (χ3n) is 5.09. The van der Waals surface area contributed by atoms with Crippen molar-refractivity contribution in [1.29, 1.82) is 0 Å². The van der Waals surface area contributed by atoms with Crippen LogP contribution in [-0.2, 0) is 10.2 Å². The van der Waals surface area contributed by atoms with Crippen LogP contribution < -0.4 is 0 Å². The van der Waals surface area contributed by atoms with E-state index in [0.29, 0.717) is 23.8 Å². The average Bonchev–Trinajstić information content (AvgIpc) is 3.33. The van der Waals surface area contributed by atoms with Gasteiger partial charge in [0.2, 0.25) is 5.91 Å². The van der Waals surface area contributed by atoms with E-state index in [1.807, 2.05) is 0 Å². The number of carbonyl (C=O) groups excluding carboxylic acids is 1. The Morgan fingerprint density at radius 3 is 2.50 bits per heavy atom. The fourth-order valence-corrected chi connectivity index (χ4v) is 3.25. The minimum Gasteiger partial charge on any atom is -0.340 e. The van der Waals surface area contributed by atoms with E-state index in [1.165, 1.54) is 12.0 Å². The van der Waals surface area contributed by atoms with Gasteiger partial charge in [0.1, 0.15) is 0 Å². The molecule has 0 saturated heterocycles. The van der Waals surface area contributed by atoms with Gasteiger partial charge in [0.25, 0.3) is 0 Å². The van der Waals surface area contributed by atoms with E-state index < -0.39 is 0 Å². The Hall–Kier alpha value is -1.31. The molecule has 0 bridgehead atoms. The highest BCUT2D eigenvalue weighted by atomic mass is 16.2. The van der Waals surface area contributed by atoms with Crippen LogP contribution in [0.25, 0.3) is 0 Å². The number of hydrogen-bond acceptors (Lipinski definition) is 1. The van der Waals surface area contributed by atoms with Crippen LogP contribution in [-0.4, -0.2) is 23.4 Å². The van der Waals surface area contributed by atoms with E-state index in [-0.39, 0.29) is 5.41 Å². The molecule has 1 aromatic rings. The first-order valence-corrected chi connectivity index (χ1v) is 7.88. The molecule has 2 fully saturated rings. The monoisotopic (exact) mass is 271 g/mol. The molecule has 0 aliphatic heterocycles. The van der Waals surface area contributed by atoms with Gasteiger partial charge in [0.05, 0.1) is 0 Å². The third-order valence-corrected chi connectivity index (χ3v) is 5.09. The third kappa shape index (κ3) is 2.48. The second-order valence-electron chi connectivity index (χ2n) is 7.04. The van der Waals surface area contributed by atoms with Crippen molar-refractivity contribution in [2.45, 2.75) is 51.5 Å². The van der Waals surface area contributed by atoms with Crippen molar-refractivity contribution >= 4 is 5.91 Å². The average molecular weight is 271 g/mol. The van der Waals surface area contributed by atoms with Gasteiger partial charge in [-0.05, 0) is 50.0 Å². The maximum absolute atomic E-state index is 12.4. The molecule has 2 saturated carbocycles. The number of amides is 1. The Balaban J connectivity index is 1.67. The van der Waals surface area contributed by atoms with Gasteiger partial charge >= 0.3 is 0 Å². The number of carbonyl (C=O) groups is 1. The Labute approximate surface area is 122 Å². The summed E-state index contributed by atoms with van der Waals surface area (Å²) in [4.78, 5) is 14.5. The van der Waals surface area contributed by atoms with Crippen LogP contribution in [0.2, 0.25) is 0 Å². The van der Waals surface area contributed by atoms with E-state index in [9.17, 15) is 4.79 Å². The number of benzene rings is 1. The van der Waals surface area contributed by atoms with Crippen molar-refractivity contribution in [3.8, 4) is 0 Å². The number of hydrogen-bond donors (Lipinski definition) is 0. The van der Waals surface area contributed by atoms with Crippen LogP contribution in [0.15, 0.2) is 30.3 Å². The zero-order valence-electron chi connectivity index (χ0n) is 12.8. The van der Waals surface area contributed by atoms with Crippen LogP contribution in [0.5, 0.6) is 0 Å². The molecule has 0 radical (unpaired) electrons. The van der Waals surface area contributed by atoms with E-state index in [4.69, 9.17) is 0 Å². The lowest BCUT2D eigenvalue weighted by Crippen LogP contribution is -2.40. The standard InChI is InChI=1S/C18H25NO/c1-13(2)19(17(20)14-9-10-14)12-16-11-18(16,3)15-7-5-4-6-8-15/h4-8,13-14,16H,9-12H2,1-3H3. The fourth-order valence-electron chi connectivity index (χ4n) is 3.25. The predicted octanol–water partition coefficient (Wildman–Crippen LogP) is 3.61. The molecule has 2 aliphatic carbocycles. The Morgan fingerprint density at radius 2 is 1.95 bits per heavy atom. The van der Waals surface area contributed by atoms with Crippen molar-refractivity contribution in [2.75, 3.05) is 6.54 Å². The van der Waals surface area contributed by atoms with Gasteiger partial charge in [-0.15, -0.1) is 0 Å². The van der Waals surface area contributed by atoms with E-state index in [1.54, 1.807) is 0 Å². The first kappa shape index (κ1) is 13.7. The van der Waals surface area contributed by atoms with Gasteiger partial charge < -0.3 is 4.90 Å². The lowest BCUT2D eigenvalue weighted by atomic mass is 9.95. The van der Waals surface area contributed by atoms with Gasteiger partial charge in [0, 0.05) is 18.5 Å². The molecule has 2 unspecified atom stereocenters. The molecule has 2 nitrogen and oxygen atoms in total. The maximum atomic E-state index is 12.4. The summed E-state index contributed by atoms with van der Waals surface area (Å²) in [6.07, 6.45) is 3.41. The summed E-state index contributed by atoms with van der Waals surface area (Å²) in [6.45, 7) is 7.55. The molecule has 2 heteroatoms. The molecule has 108 valence electrons. The Morgan fingerprint density at radius 1 is 1.30 bits per heavy atom. The SMILES string of the molecule is CC(C)N(CC1CC1(C)c1ccccc1)C(=O)C1CC1. The lowest BCUT2D eigenvalue weighted by molar-refractivity contribution is -0.134. The van der Waals surface area contributed by atoms with Gasteiger partial charge in [-0.2, -0.15) is 0 Å². The molecular weight excluding hydrogens is 246 g/mol. The Bertz CT molecular complexity index is 491. The summed E-state index contributed by atoms with van der Waals surface area (Å²) in [5.41, 5.74) is 1.70.